The van der Waals surface area contributed by atoms with Gasteiger partial charge in [-0.2, -0.15) is 0 Å². The number of likely N-dealkylation sites (tertiary alicyclic amines) is 1. The molecule has 4 aromatic rings. The van der Waals surface area contributed by atoms with Gasteiger partial charge in [0.25, 0.3) is 5.79 Å². The summed E-state index contributed by atoms with van der Waals surface area (Å²) in [4.78, 5) is 24.3. The van der Waals surface area contributed by atoms with E-state index in [-0.39, 0.29) is 23.8 Å². The van der Waals surface area contributed by atoms with Crippen molar-refractivity contribution in [3.63, 3.8) is 0 Å². The molecule has 0 saturated carbocycles. The van der Waals surface area contributed by atoms with E-state index >= 15 is 0 Å². The van der Waals surface area contributed by atoms with E-state index in [4.69, 9.17) is 35.5 Å². The number of hydrogen-bond acceptors (Lipinski definition) is 8. The first-order valence-corrected chi connectivity index (χ1v) is 15.4. The van der Waals surface area contributed by atoms with Gasteiger partial charge in [0.2, 0.25) is 0 Å². The third-order valence-corrected chi connectivity index (χ3v) is 9.35. The number of carbonyl (C=O) groups excluding carboxylic acids is 1. The number of fused-ring (bicyclic) bond motifs is 2. The van der Waals surface area contributed by atoms with Crippen molar-refractivity contribution in [2.75, 3.05) is 26.8 Å². The summed E-state index contributed by atoms with van der Waals surface area (Å²) >= 11 is 5.99. The molecule has 0 radical (unpaired) electrons. The van der Waals surface area contributed by atoms with E-state index in [9.17, 15) is 9.18 Å². The van der Waals surface area contributed by atoms with Gasteiger partial charge in [-0.25, -0.2) is 19.2 Å². The van der Waals surface area contributed by atoms with Crippen molar-refractivity contribution in [2.45, 2.75) is 63.5 Å². The third-order valence-electron chi connectivity index (χ3n) is 9.12. The van der Waals surface area contributed by atoms with Crippen molar-refractivity contribution >= 4 is 28.7 Å². The van der Waals surface area contributed by atoms with Crippen LogP contribution in [0.4, 0.5) is 4.39 Å². The van der Waals surface area contributed by atoms with Gasteiger partial charge in [0.15, 0.2) is 22.8 Å². The summed E-state index contributed by atoms with van der Waals surface area (Å²) in [5.74, 6) is 0.210. The summed E-state index contributed by atoms with van der Waals surface area (Å²) in [6, 6.07) is 13.9. The number of aromatic nitrogens is 3. The first-order chi connectivity index (χ1) is 21.2. The number of methoxy groups -OCH3 is 1. The van der Waals surface area contributed by atoms with E-state index < -0.39 is 17.6 Å². The molecule has 0 bridgehead atoms. The highest BCUT2D eigenvalue weighted by Gasteiger charge is 2.43. The molecule has 0 amide bonds. The van der Waals surface area contributed by atoms with Crippen LogP contribution in [0, 0.1) is 5.82 Å². The zero-order chi connectivity index (χ0) is 30.6. The summed E-state index contributed by atoms with van der Waals surface area (Å²) in [6.45, 7) is 6.99. The average molecular weight is 621 g/mol. The number of benzene rings is 2. The molecule has 2 saturated heterocycles. The molecule has 0 N–H and O–H groups in total. The molecule has 230 valence electrons. The Morgan fingerprint density at radius 3 is 2.64 bits per heavy atom. The molecule has 2 aromatic carbocycles. The molecule has 2 fully saturated rings. The van der Waals surface area contributed by atoms with E-state index in [1.54, 1.807) is 25.1 Å². The van der Waals surface area contributed by atoms with Crippen LogP contribution in [0.2, 0.25) is 5.02 Å². The molecule has 3 aliphatic rings. The molecule has 1 unspecified atom stereocenters. The van der Waals surface area contributed by atoms with Crippen molar-refractivity contribution < 1.29 is 28.1 Å². The summed E-state index contributed by atoms with van der Waals surface area (Å²) in [5.41, 5.74) is 3.04. The molecule has 3 atom stereocenters. The number of pyridine rings is 1. The van der Waals surface area contributed by atoms with Gasteiger partial charge in [-0.05, 0) is 81.6 Å². The fourth-order valence-corrected chi connectivity index (χ4v) is 6.73. The Hall–Kier alpha value is -3.73. The lowest BCUT2D eigenvalue weighted by Crippen LogP contribution is -2.37. The smallest absolute Gasteiger partial charge is 0.356 e. The van der Waals surface area contributed by atoms with Crippen LogP contribution in [0.5, 0.6) is 11.5 Å². The van der Waals surface area contributed by atoms with Crippen LogP contribution in [-0.2, 0) is 21.8 Å². The van der Waals surface area contributed by atoms with Gasteiger partial charge in [-0.1, -0.05) is 23.7 Å². The maximum atomic E-state index is 14.9. The maximum Gasteiger partial charge on any atom is 0.356 e. The number of esters is 1. The van der Waals surface area contributed by atoms with Crippen molar-refractivity contribution in [3.8, 4) is 11.5 Å². The highest BCUT2D eigenvalue weighted by Crippen LogP contribution is 2.50. The predicted octanol–water partition coefficient (Wildman–Crippen LogP) is 6.38. The molecule has 2 aromatic heterocycles. The van der Waals surface area contributed by atoms with E-state index in [1.807, 2.05) is 18.2 Å². The number of piperidine rings is 1. The van der Waals surface area contributed by atoms with Crippen molar-refractivity contribution in [3.05, 3.63) is 82.0 Å². The van der Waals surface area contributed by atoms with Crippen LogP contribution in [0.3, 0.4) is 0 Å². The van der Waals surface area contributed by atoms with Crippen LogP contribution >= 0.6 is 11.6 Å². The lowest BCUT2D eigenvalue weighted by Gasteiger charge is -2.36. The molecule has 0 spiro atoms. The minimum absolute atomic E-state index is 0.0176. The van der Waals surface area contributed by atoms with Crippen LogP contribution < -0.4 is 9.47 Å². The van der Waals surface area contributed by atoms with Gasteiger partial charge in [0, 0.05) is 24.1 Å². The van der Waals surface area contributed by atoms with Gasteiger partial charge in [0.1, 0.15) is 17.2 Å². The number of halogens is 2. The summed E-state index contributed by atoms with van der Waals surface area (Å²) in [6.07, 6.45) is 2.90. The Morgan fingerprint density at radius 2 is 1.93 bits per heavy atom. The van der Waals surface area contributed by atoms with E-state index in [1.165, 1.54) is 13.2 Å². The Labute approximate surface area is 259 Å². The minimum atomic E-state index is -1.28. The Bertz CT molecular complexity index is 1730. The number of ether oxygens (including phenoxy) is 4. The second-order valence-electron chi connectivity index (χ2n) is 11.8. The number of carbonyl (C=O) groups is 1. The highest BCUT2D eigenvalue weighted by atomic mass is 35.5. The largest absolute Gasteiger partial charge is 0.464 e. The first kappa shape index (κ1) is 29.0. The molecule has 5 heterocycles. The van der Waals surface area contributed by atoms with Crippen molar-refractivity contribution in [1.82, 2.24) is 19.4 Å². The second kappa shape index (κ2) is 11.3. The monoisotopic (exact) mass is 620 g/mol. The van der Waals surface area contributed by atoms with Gasteiger partial charge >= 0.3 is 5.97 Å². The van der Waals surface area contributed by atoms with Gasteiger partial charge in [-0.3, -0.25) is 4.90 Å². The van der Waals surface area contributed by atoms with Crippen LogP contribution in [0.1, 0.15) is 72.5 Å². The van der Waals surface area contributed by atoms with E-state index in [0.717, 1.165) is 55.9 Å². The number of nitrogens with zero attached hydrogens (tertiary/aromatic N) is 4. The molecular formula is C33H34ClFN4O5. The van der Waals surface area contributed by atoms with Gasteiger partial charge in [-0.15, -0.1) is 0 Å². The minimum Gasteiger partial charge on any atom is -0.464 e. The van der Waals surface area contributed by atoms with Gasteiger partial charge < -0.3 is 23.5 Å². The normalized spacial score (nSPS) is 22.6. The van der Waals surface area contributed by atoms with Crippen molar-refractivity contribution in [1.29, 1.82) is 0 Å². The number of para-hydroxylation sites is 1. The topological polar surface area (TPSA) is 87.9 Å². The standard InChI is InChI=1S/C33H34ClFN4O5/c1-19(30-36-26-9-10-27(32(40)41-3)37-31(26)39(30)18-22-13-16-42-22)38-14-11-20(12-15-38)23-5-4-6-28-29(23)44-33(2,43-28)24-8-7-21(34)17-25(24)35/h4-10,17,19-20,22H,11-16,18H2,1-3H3/t19-,22-,33?/m0/s1. The number of hydrogen-bond donors (Lipinski definition) is 0. The molecular weight excluding hydrogens is 587 g/mol. The molecule has 9 nitrogen and oxygen atoms in total. The number of imidazole rings is 1. The third kappa shape index (κ3) is 5.08. The fraction of sp³-hybridized carbons (Fsp3) is 0.424. The molecule has 0 aliphatic carbocycles. The summed E-state index contributed by atoms with van der Waals surface area (Å²) < 4.78 is 40.2. The predicted molar refractivity (Wildman–Crippen MR) is 162 cm³/mol. The van der Waals surface area contributed by atoms with Crippen molar-refractivity contribution in [2.24, 2.45) is 0 Å². The van der Waals surface area contributed by atoms with Crippen LogP contribution in [0.15, 0.2) is 48.5 Å². The van der Waals surface area contributed by atoms with Crippen LogP contribution in [0.25, 0.3) is 11.2 Å². The number of rotatable bonds is 7. The lowest BCUT2D eigenvalue weighted by atomic mass is 9.88. The Kier molecular flexibility index (Phi) is 7.46. The Morgan fingerprint density at radius 1 is 1.14 bits per heavy atom. The lowest BCUT2D eigenvalue weighted by molar-refractivity contribution is -0.0712. The average Bonchev–Trinajstić information content (AvgIpc) is 3.55. The van der Waals surface area contributed by atoms with Gasteiger partial charge in [0.05, 0.1) is 31.4 Å². The van der Waals surface area contributed by atoms with E-state index in [0.29, 0.717) is 34.3 Å². The SMILES string of the molecule is COC(=O)c1ccc2nc([C@H](C)N3CCC(c4cccc5c4OC(C)(c4ccc(Cl)cc4F)O5)CC3)n(C[C@@H]3CCO3)c2n1. The summed E-state index contributed by atoms with van der Waals surface area (Å²) in [7, 11) is 1.35. The quantitative estimate of drug-likeness (QED) is 0.220. The molecule has 7 rings (SSSR count). The molecule has 11 heteroatoms. The molecule has 44 heavy (non-hydrogen) atoms. The zero-order valence-corrected chi connectivity index (χ0v) is 25.6. The Balaban J connectivity index is 1.10. The zero-order valence-electron chi connectivity index (χ0n) is 24.9. The van der Waals surface area contributed by atoms with Crippen LogP contribution in [-0.4, -0.2) is 58.3 Å². The highest BCUT2D eigenvalue weighted by molar-refractivity contribution is 6.30. The van der Waals surface area contributed by atoms with E-state index in [2.05, 4.69) is 27.4 Å². The maximum absolute atomic E-state index is 14.9. The fourth-order valence-electron chi connectivity index (χ4n) is 6.57. The molecule has 3 aliphatic heterocycles. The first-order valence-electron chi connectivity index (χ1n) is 15.0. The second-order valence-corrected chi connectivity index (χ2v) is 12.3. The summed E-state index contributed by atoms with van der Waals surface area (Å²) in [5, 5.41) is 0.321.